The van der Waals surface area contributed by atoms with Crippen molar-refractivity contribution in [2.24, 2.45) is 39.9 Å². The zero-order chi connectivity index (χ0) is 20.1. The van der Waals surface area contributed by atoms with Crippen LogP contribution in [0.3, 0.4) is 0 Å². The molecule has 5 aliphatic rings. The highest BCUT2D eigenvalue weighted by molar-refractivity contribution is 6.08. The van der Waals surface area contributed by atoms with E-state index < -0.39 is 46.6 Å². The van der Waals surface area contributed by atoms with E-state index in [4.69, 9.17) is 14.2 Å². The number of esters is 1. The van der Waals surface area contributed by atoms with Crippen molar-refractivity contribution in [2.45, 2.75) is 58.0 Å². The number of fused-ring (bicyclic) bond motifs is 1. The molecule has 2 heterocycles. The number of hydrogen-bond acceptors (Lipinski definition) is 7. The summed E-state index contributed by atoms with van der Waals surface area (Å²) in [5.74, 6) is -1.25. The number of Topliss-reactive ketones (excluding diaryl/α,β-unsaturated/α-hetero) is 1. The fourth-order valence-electron chi connectivity index (χ4n) is 7.79. The number of ketones is 1. The number of rotatable bonds is 2. The van der Waals surface area contributed by atoms with Gasteiger partial charge in [0.2, 0.25) is 0 Å². The van der Waals surface area contributed by atoms with Gasteiger partial charge < -0.3 is 24.4 Å². The molecule has 3 aliphatic carbocycles. The van der Waals surface area contributed by atoms with Gasteiger partial charge in [0.15, 0.2) is 12.1 Å². The van der Waals surface area contributed by atoms with Gasteiger partial charge in [0.05, 0.1) is 19.3 Å². The van der Waals surface area contributed by atoms with E-state index in [-0.39, 0.29) is 30.1 Å². The fourth-order valence-corrected chi connectivity index (χ4v) is 7.79. The van der Waals surface area contributed by atoms with Crippen LogP contribution in [-0.2, 0) is 23.8 Å². The van der Waals surface area contributed by atoms with Crippen LogP contribution >= 0.6 is 0 Å². The molecule has 3 saturated carbocycles. The minimum atomic E-state index is -1.16. The summed E-state index contributed by atoms with van der Waals surface area (Å²) in [7, 11) is 1.58. The maximum Gasteiger partial charge on any atom is 0.320 e. The number of carbonyl (C=O) groups excluding carboxylic acids is 2. The molecule has 7 nitrogen and oxygen atoms in total. The first-order chi connectivity index (χ1) is 13.2. The highest BCUT2D eigenvalue weighted by atomic mass is 16.6. The highest BCUT2D eigenvalue weighted by Crippen LogP contribution is 2.71. The van der Waals surface area contributed by atoms with E-state index >= 15 is 0 Å². The number of hydrogen-bond donors (Lipinski definition) is 2. The Kier molecular flexibility index (Phi) is 3.91. The summed E-state index contributed by atoms with van der Waals surface area (Å²) in [6.07, 6.45) is 0.129. The van der Waals surface area contributed by atoms with E-state index in [1.165, 1.54) is 0 Å². The molecule has 0 amide bonds. The molecule has 0 aromatic heterocycles. The topological polar surface area (TPSA) is 102 Å². The smallest absolute Gasteiger partial charge is 0.320 e. The zero-order valence-electron chi connectivity index (χ0n) is 16.7. The molecular weight excluding hydrogens is 364 g/mol. The third-order valence-electron chi connectivity index (χ3n) is 9.02. The lowest BCUT2D eigenvalue weighted by molar-refractivity contribution is -0.253. The summed E-state index contributed by atoms with van der Waals surface area (Å²) in [5, 5.41) is 21.5. The highest BCUT2D eigenvalue weighted by Gasteiger charge is 2.78. The van der Waals surface area contributed by atoms with Gasteiger partial charge in [0.25, 0.3) is 0 Å². The van der Waals surface area contributed by atoms with Gasteiger partial charge in [-0.2, -0.15) is 0 Å². The number of aliphatic hydroxyl groups is 2. The maximum atomic E-state index is 13.6. The van der Waals surface area contributed by atoms with E-state index in [1.807, 2.05) is 13.8 Å². The Balaban J connectivity index is 1.66. The minimum Gasteiger partial charge on any atom is -0.461 e. The Hall–Kier alpha value is -1.02. The third-order valence-corrected chi connectivity index (χ3v) is 9.02. The molecule has 156 valence electrons. The molecule has 5 rings (SSSR count). The summed E-state index contributed by atoms with van der Waals surface area (Å²) in [6, 6.07) is 0. The van der Waals surface area contributed by atoms with Crippen LogP contribution in [-0.4, -0.2) is 60.8 Å². The molecule has 0 aromatic rings. The van der Waals surface area contributed by atoms with Crippen molar-refractivity contribution in [3.05, 3.63) is 0 Å². The van der Waals surface area contributed by atoms with E-state index in [9.17, 15) is 19.8 Å². The van der Waals surface area contributed by atoms with Crippen LogP contribution in [0.1, 0.15) is 39.5 Å². The predicted octanol–water partition coefficient (Wildman–Crippen LogP) is 0.902. The molecule has 0 radical (unpaired) electrons. The molecule has 2 aliphatic heterocycles. The second-order valence-corrected chi connectivity index (χ2v) is 10.3. The average molecular weight is 394 g/mol. The maximum absolute atomic E-state index is 13.6. The molecule has 0 aromatic carbocycles. The molecular formula is C21H30O7. The Morgan fingerprint density at radius 3 is 2.68 bits per heavy atom. The molecule has 9 atom stereocenters. The van der Waals surface area contributed by atoms with Crippen molar-refractivity contribution in [1.29, 1.82) is 0 Å². The van der Waals surface area contributed by atoms with Gasteiger partial charge in [-0.15, -0.1) is 0 Å². The second-order valence-electron chi connectivity index (χ2n) is 10.3. The predicted molar refractivity (Wildman–Crippen MR) is 95.8 cm³/mol. The average Bonchev–Trinajstić information content (AvgIpc) is 3.10. The first kappa shape index (κ1) is 19.0. The standard InChI is InChI=1S/C21H30O7/c1-19(2)13(22)6-14-21(9-27-17(24)15(19)21)12-5-4-10-7-20(12,18(25)28-14)16(23)11(10)8-26-3/h10-15,17,22,24H,4-9H2,1-3H3/t10-,11+,12-,13+,14+,15-,17-,20+,21-/m1/s1. The van der Waals surface area contributed by atoms with Crippen LogP contribution in [0.5, 0.6) is 0 Å². The molecule has 28 heavy (non-hydrogen) atoms. The lowest BCUT2D eigenvalue weighted by atomic mass is 9.43. The summed E-state index contributed by atoms with van der Waals surface area (Å²) >= 11 is 0. The van der Waals surface area contributed by atoms with Gasteiger partial charge in [-0.25, -0.2) is 0 Å². The molecule has 2 N–H and O–H groups in total. The summed E-state index contributed by atoms with van der Waals surface area (Å²) in [4.78, 5) is 26.9. The molecule has 2 saturated heterocycles. The normalized spacial score (nSPS) is 54.0. The second kappa shape index (κ2) is 5.78. The lowest BCUT2D eigenvalue weighted by Gasteiger charge is -2.62. The van der Waals surface area contributed by atoms with Crippen molar-refractivity contribution in [2.75, 3.05) is 20.3 Å². The van der Waals surface area contributed by atoms with Crippen LogP contribution in [0.4, 0.5) is 0 Å². The molecule has 0 unspecified atom stereocenters. The summed E-state index contributed by atoms with van der Waals surface area (Å²) < 4.78 is 17.0. The van der Waals surface area contributed by atoms with Crippen LogP contribution in [0, 0.1) is 39.9 Å². The van der Waals surface area contributed by atoms with Crippen LogP contribution < -0.4 is 0 Å². The minimum absolute atomic E-state index is 0.0521. The molecule has 5 fully saturated rings. The van der Waals surface area contributed by atoms with Crippen molar-refractivity contribution in [3.63, 3.8) is 0 Å². The van der Waals surface area contributed by atoms with Crippen molar-refractivity contribution >= 4 is 11.8 Å². The van der Waals surface area contributed by atoms with Gasteiger partial charge in [0, 0.05) is 30.8 Å². The Labute approximate surface area is 164 Å². The summed E-state index contributed by atoms with van der Waals surface area (Å²) in [6.45, 7) is 4.47. The Morgan fingerprint density at radius 1 is 1.21 bits per heavy atom. The number of aliphatic hydroxyl groups excluding tert-OH is 2. The van der Waals surface area contributed by atoms with E-state index in [0.717, 1.165) is 12.8 Å². The zero-order valence-corrected chi connectivity index (χ0v) is 16.7. The quantitative estimate of drug-likeness (QED) is 0.530. The number of methoxy groups -OCH3 is 1. The van der Waals surface area contributed by atoms with E-state index in [1.54, 1.807) is 7.11 Å². The van der Waals surface area contributed by atoms with E-state index in [2.05, 4.69) is 0 Å². The van der Waals surface area contributed by atoms with Gasteiger partial charge in [-0.3, -0.25) is 9.59 Å². The Morgan fingerprint density at radius 2 is 1.96 bits per heavy atom. The van der Waals surface area contributed by atoms with Gasteiger partial charge in [0.1, 0.15) is 11.5 Å². The van der Waals surface area contributed by atoms with E-state index in [0.29, 0.717) is 19.4 Å². The largest absolute Gasteiger partial charge is 0.461 e. The molecule has 7 heteroatoms. The lowest BCUT2D eigenvalue weighted by Crippen LogP contribution is -2.70. The van der Waals surface area contributed by atoms with Crippen molar-refractivity contribution in [3.8, 4) is 0 Å². The van der Waals surface area contributed by atoms with Crippen LogP contribution in [0.15, 0.2) is 0 Å². The van der Waals surface area contributed by atoms with Crippen molar-refractivity contribution < 1.29 is 34.0 Å². The summed E-state index contributed by atoms with van der Waals surface area (Å²) in [5.41, 5.74) is -2.41. The Bertz CT molecular complexity index is 720. The first-order valence-electron chi connectivity index (χ1n) is 10.4. The molecule has 2 spiro atoms. The van der Waals surface area contributed by atoms with Gasteiger partial charge in [-0.1, -0.05) is 13.8 Å². The first-order valence-corrected chi connectivity index (χ1v) is 10.4. The number of ether oxygens (including phenoxy) is 3. The van der Waals surface area contributed by atoms with Crippen molar-refractivity contribution in [1.82, 2.24) is 0 Å². The van der Waals surface area contributed by atoms with Gasteiger partial charge >= 0.3 is 5.97 Å². The SMILES string of the molecule is COC[C@@H]1C(=O)[C@]23C[C@H]1CC[C@H]2[C@@]12CO[C@@H](O)[C@@H]1C(C)(C)[C@@H](O)C[C@@H]2OC3=O. The monoisotopic (exact) mass is 394 g/mol. The van der Waals surface area contributed by atoms with Crippen LogP contribution in [0.25, 0.3) is 0 Å². The van der Waals surface area contributed by atoms with Gasteiger partial charge in [-0.05, 0) is 36.5 Å². The third kappa shape index (κ3) is 1.94. The molecule has 2 bridgehead atoms. The fraction of sp³-hybridized carbons (Fsp3) is 0.905. The number of carbonyl (C=O) groups is 2. The van der Waals surface area contributed by atoms with Crippen LogP contribution in [0.2, 0.25) is 0 Å².